The highest BCUT2D eigenvalue weighted by Gasteiger charge is 2.77. The second-order valence-corrected chi connectivity index (χ2v) is 12.2. The second-order valence-electron chi connectivity index (χ2n) is 10.9. The Kier molecular flexibility index (Phi) is 6.13. The third kappa shape index (κ3) is 3.22. The van der Waals surface area contributed by atoms with Gasteiger partial charge in [-0.3, -0.25) is 24.1 Å². The first-order valence-electron chi connectivity index (χ1n) is 12.7. The number of anilines is 1. The van der Waals surface area contributed by atoms with E-state index in [0.29, 0.717) is 5.56 Å². The average molecular weight is 629 g/mol. The molecular formula is C28H19Cl2F5N2O5. The lowest BCUT2D eigenvalue weighted by molar-refractivity contribution is -0.138. The van der Waals surface area contributed by atoms with Crippen LogP contribution in [0.5, 0.6) is 5.75 Å². The fourth-order valence-corrected chi connectivity index (χ4v) is 7.91. The molecule has 6 atom stereocenters. The number of fused-ring (bicyclic) bond motifs is 4. The minimum absolute atomic E-state index is 0.0280. The molecular weight excluding hydrogens is 610 g/mol. The monoisotopic (exact) mass is 628 g/mol. The summed E-state index contributed by atoms with van der Waals surface area (Å²) in [7, 11) is 1.28. The first-order valence-corrected chi connectivity index (χ1v) is 13.4. The van der Waals surface area contributed by atoms with Gasteiger partial charge < -0.3 is 5.11 Å². The average Bonchev–Trinajstić information content (AvgIpc) is 3.26. The molecule has 2 aliphatic carbocycles. The first-order chi connectivity index (χ1) is 19.6. The molecule has 2 heterocycles. The summed E-state index contributed by atoms with van der Waals surface area (Å²) >= 11 is 14.0. The standard InChI is InChI=1S/C28H19Cl2F5N2O5/c1-9-4-3-5-12(22(9)38)15-10-6-7-11-14(24(40)36(2)23(11)39)13(10)8-27(29)25(41)37(26(42)28(15,27)30)21-19(34)17(32)16(31)18(33)20(21)35/h3-6,11,13-15,38H,7-8H2,1-2H3/t11-,13+,14-,15+,27+,28-/m0/s1. The molecule has 220 valence electrons. The number of nitrogens with zero attached hydrogens (tertiary/aromatic N) is 2. The molecule has 6 rings (SSSR count). The fourth-order valence-electron chi connectivity index (χ4n) is 6.98. The summed E-state index contributed by atoms with van der Waals surface area (Å²) in [5.41, 5.74) is -1.32. The molecule has 0 spiro atoms. The normalized spacial score (nSPS) is 32.3. The van der Waals surface area contributed by atoms with E-state index < -0.39 is 98.2 Å². The van der Waals surface area contributed by atoms with E-state index in [9.17, 15) is 46.2 Å². The molecule has 2 aliphatic heterocycles. The molecule has 0 aromatic heterocycles. The van der Waals surface area contributed by atoms with Crippen LogP contribution < -0.4 is 4.90 Å². The smallest absolute Gasteiger partial charge is 0.258 e. The number of phenols is 1. The molecule has 0 unspecified atom stereocenters. The Labute approximate surface area is 244 Å². The third-order valence-electron chi connectivity index (χ3n) is 9.02. The zero-order valence-electron chi connectivity index (χ0n) is 21.7. The van der Waals surface area contributed by atoms with Crippen LogP contribution in [0.2, 0.25) is 0 Å². The lowest BCUT2D eigenvalue weighted by Crippen LogP contribution is -2.60. The summed E-state index contributed by atoms with van der Waals surface area (Å²) in [5, 5.41) is 11.1. The van der Waals surface area contributed by atoms with Gasteiger partial charge in [-0.25, -0.2) is 26.9 Å². The van der Waals surface area contributed by atoms with E-state index in [1.54, 1.807) is 6.08 Å². The van der Waals surface area contributed by atoms with Crippen molar-refractivity contribution in [2.45, 2.75) is 35.4 Å². The van der Waals surface area contributed by atoms with Crippen molar-refractivity contribution in [3.8, 4) is 5.75 Å². The molecule has 2 aromatic carbocycles. The van der Waals surface area contributed by atoms with Crippen molar-refractivity contribution in [2.75, 3.05) is 11.9 Å². The molecule has 7 nitrogen and oxygen atoms in total. The molecule has 4 aliphatic rings. The number of carbonyl (C=O) groups is 4. The summed E-state index contributed by atoms with van der Waals surface area (Å²) in [6.07, 6.45) is 0.986. The molecule has 0 radical (unpaired) electrons. The Morgan fingerprint density at radius 2 is 1.48 bits per heavy atom. The number of alkyl halides is 2. The maximum Gasteiger partial charge on any atom is 0.258 e. The lowest BCUT2D eigenvalue weighted by atomic mass is 9.56. The summed E-state index contributed by atoms with van der Waals surface area (Å²) in [6, 6.07) is 4.39. The number of rotatable bonds is 2. The number of hydrogen-bond acceptors (Lipinski definition) is 5. The van der Waals surface area contributed by atoms with E-state index in [4.69, 9.17) is 23.2 Å². The van der Waals surface area contributed by atoms with Crippen molar-refractivity contribution in [1.29, 1.82) is 0 Å². The quantitative estimate of drug-likeness (QED) is 0.131. The predicted octanol–water partition coefficient (Wildman–Crippen LogP) is 4.59. The molecule has 0 bridgehead atoms. The van der Waals surface area contributed by atoms with Gasteiger partial charge in [0.05, 0.1) is 11.8 Å². The van der Waals surface area contributed by atoms with Gasteiger partial charge in [0.2, 0.25) is 17.6 Å². The number of allylic oxidation sites excluding steroid dienone is 2. The molecule has 1 saturated carbocycles. The van der Waals surface area contributed by atoms with Crippen molar-refractivity contribution < 1.29 is 46.2 Å². The van der Waals surface area contributed by atoms with Gasteiger partial charge in [0.25, 0.3) is 11.8 Å². The lowest BCUT2D eigenvalue weighted by Gasteiger charge is -2.50. The van der Waals surface area contributed by atoms with Gasteiger partial charge in [-0.1, -0.05) is 29.8 Å². The predicted molar refractivity (Wildman–Crippen MR) is 137 cm³/mol. The Morgan fingerprint density at radius 1 is 0.881 bits per heavy atom. The molecule has 3 fully saturated rings. The first kappa shape index (κ1) is 28.6. The van der Waals surface area contributed by atoms with E-state index in [0.717, 1.165) is 4.90 Å². The summed E-state index contributed by atoms with van der Waals surface area (Å²) < 4.78 is 72.3. The van der Waals surface area contributed by atoms with E-state index in [2.05, 4.69) is 0 Å². The van der Waals surface area contributed by atoms with Crippen molar-refractivity contribution in [3.63, 3.8) is 0 Å². The van der Waals surface area contributed by atoms with E-state index in [1.165, 1.54) is 32.2 Å². The van der Waals surface area contributed by atoms with Crippen molar-refractivity contribution in [2.24, 2.45) is 17.8 Å². The molecule has 14 heteroatoms. The number of phenolic OH excluding ortho intramolecular Hbond substituents is 1. The SMILES string of the molecule is Cc1cccc([C@H]2C3=CC[C@@H]4C(=O)N(C)C(=O)[C@@H]4[C@@H]3C[C@@]3(Cl)C(=O)N(c4c(F)c(F)c(F)c(F)c4F)C(=O)[C@@]23Cl)c1O. The largest absolute Gasteiger partial charge is 0.507 e. The number of aromatic hydroxyl groups is 1. The number of halogens is 7. The molecule has 42 heavy (non-hydrogen) atoms. The Morgan fingerprint density at radius 3 is 2.10 bits per heavy atom. The van der Waals surface area contributed by atoms with Crippen LogP contribution in [-0.2, 0) is 19.2 Å². The van der Waals surface area contributed by atoms with Crippen LogP contribution in [0, 0.1) is 53.8 Å². The van der Waals surface area contributed by atoms with E-state index in [1.807, 2.05) is 0 Å². The number of hydrogen-bond donors (Lipinski definition) is 1. The third-order valence-corrected chi connectivity index (χ3v) is 10.4. The van der Waals surface area contributed by atoms with Crippen molar-refractivity contribution in [1.82, 2.24) is 4.90 Å². The van der Waals surface area contributed by atoms with Gasteiger partial charge in [0, 0.05) is 18.5 Å². The fraction of sp³-hybridized carbons (Fsp3) is 0.357. The maximum atomic E-state index is 15.0. The summed E-state index contributed by atoms with van der Waals surface area (Å²) in [4.78, 5) is 49.5. The Hall–Kier alpha value is -3.51. The summed E-state index contributed by atoms with van der Waals surface area (Å²) in [5.74, 6) is -21.3. The van der Waals surface area contributed by atoms with Gasteiger partial charge >= 0.3 is 0 Å². The second kappa shape index (κ2) is 9.00. The van der Waals surface area contributed by atoms with Crippen LogP contribution in [0.4, 0.5) is 27.6 Å². The zero-order chi connectivity index (χ0) is 30.8. The van der Waals surface area contributed by atoms with Gasteiger partial charge in [0.15, 0.2) is 33.0 Å². The van der Waals surface area contributed by atoms with Crippen LogP contribution in [0.1, 0.15) is 29.9 Å². The van der Waals surface area contributed by atoms with Gasteiger partial charge in [-0.15, -0.1) is 23.2 Å². The number of likely N-dealkylation sites (tertiary alicyclic amines) is 1. The van der Waals surface area contributed by atoms with Crippen molar-refractivity contribution >= 4 is 52.5 Å². The molecule has 2 aromatic rings. The van der Waals surface area contributed by atoms with Crippen LogP contribution >= 0.6 is 23.2 Å². The summed E-state index contributed by atoms with van der Waals surface area (Å²) in [6.45, 7) is 1.52. The van der Waals surface area contributed by atoms with Crippen LogP contribution in [-0.4, -0.2) is 50.4 Å². The van der Waals surface area contributed by atoms with E-state index >= 15 is 0 Å². The van der Waals surface area contributed by atoms with E-state index in [-0.39, 0.29) is 28.2 Å². The highest BCUT2D eigenvalue weighted by atomic mass is 35.5. The molecule has 2 saturated heterocycles. The number of amides is 4. The Bertz CT molecular complexity index is 1670. The number of carbonyl (C=O) groups excluding carboxylic acids is 4. The topological polar surface area (TPSA) is 95.0 Å². The number of para-hydroxylation sites is 1. The van der Waals surface area contributed by atoms with Gasteiger partial charge in [-0.2, -0.15) is 0 Å². The number of benzene rings is 2. The van der Waals surface area contributed by atoms with Crippen LogP contribution in [0.3, 0.4) is 0 Å². The Balaban J connectivity index is 1.64. The maximum absolute atomic E-state index is 15.0. The minimum Gasteiger partial charge on any atom is -0.507 e. The number of imide groups is 2. The molecule has 4 amide bonds. The van der Waals surface area contributed by atoms with Crippen LogP contribution in [0.15, 0.2) is 29.8 Å². The highest BCUT2D eigenvalue weighted by Crippen LogP contribution is 2.66. The van der Waals surface area contributed by atoms with Crippen LogP contribution in [0.25, 0.3) is 0 Å². The molecule has 1 N–H and O–H groups in total. The minimum atomic E-state index is -2.68. The highest BCUT2D eigenvalue weighted by molar-refractivity contribution is 6.58. The van der Waals surface area contributed by atoms with Crippen molar-refractivity contribution in [3.05, 3.63) is 70.1 Å². The zero-order valence-corrected chi connectivity index (χ0v) is 23.2. The van der Waals surface area contributed by atoms with Gasteiger partial charge in [0.1, 0.15) is 11.4 Å². The van der Waals surface area contributed by atoms with Gasteiger partial charge in [-0.05, 0) is 31.2 Å². The number of aryl methyl sites for hydroxylation is 1.